The predicted molar refractivity (Wildman–Crippen MR) is 92.5 cm³/mol. The summed E-state index contributed by atoms with van der Waals surface area (Å²) in [6.45, 7) is 0.292. The molecule has 7 heteroatoms. The zero-order valence-electron chi connectivity index (χ0n) is 13.2. The molecule has 6 nitrogen and oxygen atoms in total. The molecule has 25 heavy (non-hydrogen) atoms. The highest BCUT2D eigenvalue weighted by atomic mass is 35.5. The molecule has 0 aliphatic heterocycles. The van der Waals surface area contributed by atoms with Gasteiger partial charge >= 0.3 is 5.97 Å². The summed E-state index contributed by atoms with van der Waals surface area (Å²) in [7, 11) is 0. The fourth-order valence-corrected chi connectivity index (χ4v) is 2.08. The number of hydrogen-bond acceptors (Lipinski definition) is 5. The van der Waals surface area contributed by atoms with Crippen LogP contribution >= 0.6 is 11.6 Å². The van der Waals surface area contributed by atoms with E-state index in [4.69, 9.17) is 26.3 Å². The van der Waals surface area contributed by atoms with Crippen LogP contribution in [0.5, 0.6) is 5.75 Å². The van der Waals surface area contributed by atoms with Gasteiger partial charge in [-0.15, -0.1) is 0 Å². The van der Waals surface area contributed by atoms with Crippen molar-refractivity contribution in [2.24, 2.45) is 0 Å². The maximum Gasteiger partial charge on any atom is 0.338 e. The molecule has 0 aromatic heterocycles. The number of nitrogens with one attached hydrogen (secondary N) is 1. The summed E-state index contributed by atoms with van der Waals surface area (Å²) in [6.07, 6.45) is -0.226. The van der Waals surface area contributed by atoms with Crippen LogP contribution in [0.4, 0.5) is 5.69 Å². The number of carbonyl (C=O) groups is 2. The van der Waals surface area contributed by atoms with Gasteiger partial charge in [-0.2, -0.15) is 5.26 Å². The van der Waals surface area contributed by atoms with Gasteiger partial charge in [0.05, 0.1) is 11.6 Å². The summed E-state index contributed by atoms with van der Waals surface area (Å²) in [6, 6.07) is 14.9. The molecule has 0 bridgehead atoms. The Balaban J connectivity index is 1.77. The quantitative estimate of drug-likeness (QED) is 0.605. The molecule has 0 radical (unpaired) electrons. The van der Waals surface area contributed by atoms with E-state index >= 15 is 0 Å². The van der Waals surface area contributed by atoms with Gasteiger partial charge in [0.15, 0.2) is 0 Å². The van der Waals surface area contributed by atoms with E-state index in [-0.39, 0.29) is 19.6 Å². The number of hydrogen-bond donors (Lipinski definition) is 1. The molecule has 1 amide bonds. The third-order valence-corrected chi connectivity index (χ3v) is 3.26. The fourth-order valence-electron chi connectivity index (χ4n) is 1.90. The Kier molecular flexibility index (Phi) is 6.81. The van der Waals surface area contributed by atoms with Crippen molar-refractivity contribution in [2.75, 3.05) is 18.5 Å². The maximum absolute atomic E-state index is 11.9. The van der Waals surface area contributed by atoms with Crippen LogP contribution < -0.4 is 10.1 Å². The van der Waals surface area contributed by atoms with Crippen molar-refractivity contribution in [1.29, 1.82) is 5.26 Å². The van der Waals surface area contributed by atoms with Crippen molar-refractivity contribution in [1.82, 2.24) is 0 Å². The molecule has 0 aliphatic carbocycles. The monoisotopic (exact) mass is 358 g/mol. The van der Waals surface area contributed by atoms with Gasteiger partial charge in [0.2, 0.25) is 5.91 Å². The number of nitriles is 1. The van der Waals surface area contributed by atoms with Gasteiger partial charge in [-0.05, 0) is 42.5 Å². The number of halogens is 1. The topological polar surface area (TPSA) is 88.4 Å². The Bertz CT molecular complexity index is 784. The van der Waals surface area contributed by atoms with Crippen LogP contribution in [-0.2, 0) is 9.53 Å². The third-order valence-electron chi connectivity index (χ3n) is 3.03. The number of nitrogens with zero attached hydrogens (tertiary/aromatic N) is 1. The minimum atomic E-state index is -0.496. The lowest BCUT2D eigenvalue weighted by Crippen LogP contribution is -2.13. The molecule has 0 saturated heterocycles. The lowest BCUT2D eigenvalue weighted by Gasteiger charge is -2.08. The Hall–Kier alpha value is -3.04. The van der Waals surface area contributed by atoms with Gasteiger partial charge in [0.25, 0.3) is 0 Å². The average Bonchev–Trinajstić information content (AvgIpc) is 2.59. The number of esters is 1. The Morgan fingerprint density at radius 1 is 1.12 bits per heavy atom. The lowest BCUT2D eigenvalue weighted by atomic mass is 10.2. The summed E-state index contributed by atoms with van der Waals surface area (Å²) in [5, 5.41) is 11.5. The van der Waals surface area contributed by atoms with Crippen molar-refractivity contribution in [3.05, 3.63) is 59.1 Å². The van der Waals surface area contributed by atoms with Crippen LogP contribution in [0, 0.1) is 11.3 Å². The molecular weight excluding hydrogens is 344 g/mol. The molecule has 2 rings (SSSR count). The molecule has 0 fully saturated rings. The number of anilines is 1. The van der Waals surface area contributed by atoms with E-state index in [2.05, 4.69) is 5.32 Å². The molecule has 0 unspecified atom stereocenters. The van der Waals surface area contributed by atoms with E-state index in [1.807, 2.05) is 0 Å². The summed E-state index contributed by atoms with van der Waals surface area (Å²) >= 11 is 5.84. The van der Waals surface area contributed by atoms with Crippen molar-refractivity contribution < 1.29 is 19.1 Å². The van der Waals surface area contributed by atoms with E-state index in [0.717, 1.165) is 0 Å². The Morgan fingerprint density at radius 3 is 2.56 bits per heavy atom. The van der Waals surface area contributed by atoms with E-state index in [0.29, 0.717) is 22.0 Å². The highest BCUT2D eigenvalue weighted by Gasteiger charge is 2.08. The molecule has 0 atom stereocenters. The molecule has 2 aromatic carbocycles. The number of amides is 1. The molecular formula is C18H15ClN2O4. The van der Waals surface area contributed by atoms with Gasteiger partial charge in [0.1, 0.15) is 25.4 Å². The van der Waals surface area contributed by atoms with Gasteiger partial charge < -0.3 is 14.8 Å². The number of carbonyl (C=O) groups excluding carboxylic acids is 2. The minimum Gasteiger partial charge on any atom is -0.490 e. The van der Waals surface area contributed by atoms with Crippen LogP contribution in [0.15, 0.2) is 48.5 Å². The maximum atomic E-state index is 11.9. The van der Waals surface area contributed by atoms with Crippen LogP contribution in [0.1, 0.15) is 16.8 Å². The zero-order chi connectivity index (χ0) is 18.1. The van der Waals surface area contributed by atoms with Crippen molar-refractivity contribution >= 4 is 29.2 Å². The first-order valence-corrected chi connectivity index (χ1v) is 7.78. The average molecular weight is 359 g/mol. The number of benzene rings is 2. The number of rotatable bonds is 7. The lowest BCUT2D eigenvalue weighted by molar-refractivity contribution is -0.115. The zero-order valence-corrected chi connectivity index (χ0v) is 14.0. The highest BCUT2D eigenvalue weighted by Crippen LogP contribution is 2.17. The Morgan fingerprint density at radius 2 is 1.88 bits per heavy atom. The summed E-state index contributed by atoms with van der Waals surface area (Å²) in [5.41, 5.74) is 0.849. The first-order valence-electron chi connectivity index (χ1n) is 7.41. The van der Waals surface area contributed by atoms with Crippen molar-refractivity contribution in [2.45, 2.75) is 6.42 Å². The van der Waals surface area contributed by atoms with E-state index < -0.39 is 11.9 Å². The standard InChI is InChI=1S/C18H15ClN2O4/c19-14-2-1-3-16(12-14)24-10-11-25-18(23)13-4-6-15(7-5-13)21-17(22)8-9-20/h1-7,12H,8,10-11H2,(H,21,22). The first-order chi connectivity index (χ1) is 12.1. The van der Waals surface area contributed by atoms with Gasteiger partial charge in [-0.1, -0.05) is 17.7 Å². The molecule has 0 spiro atoms. The summed E-state index contributed by atoms with van der Waals surface area (Å²) in [4.78, 5) is 23.2. The fraction of sp³-hybridized carbons (Fsp3) is 0.167. The minimum absolute atomic E-state index is 0.0893. The van der Waals surface area contributed by atoms with Gasteiger partial charge in [-0.3, -0.25) is 4.79 Å². The molecule has 0 aliphatic rings. The van der Waals surface area contributed by atoms with E-state index in [9.17, 15) is 9.59 Å². The predicted octanol–water partition coefficient (Wildman–Crippen LogP) is 3.43. The summed E-state index contributed by atoms with van der Waals surface area (Å²) < 4.78 is 10.5. The molecule has 2 aromatic rings. The van der Waals surface area contributed by atoms with Crippen molar-refractivity contribution in [3.8, 4) is 11.8 Å². The van der Waals surface area contributed by atoms with Crippen LogP contribution in [0.2, 0.25) is 5.02 Å². The van der Waals surface area contributed by atoms with Crippen LogP contribution in [0.25, 0.3) is 0 Å². The molecule has 1 N–H and O–H groups in total. The normalized spacial score (nSPS) is 9.76. The smallest absolute Gasteiger partial charge is 0.338 e. The number of ether oxygens (including phenoxy) is 2. The van der Waals surface area contributed by atoms with Crippen LogP contribution in [0.3, 0.4) is 0 Å². The first kappa shape index (κ1) is 18.3. The largest absolute Gasteiger partial charge is 0.490 e. The second-order valence-electron chi connectivity index (χ2n) is 4.90. The Labute approximate surface area is 149 Å². The molecule has 128 valence electrons. The third kappa shape index (κ3) is 6.16. The van der Waals surface area contributed by atoms with Gasteiger partial charge in [0, 0.05) is 10.7 Å². The second-order valence-corrected chi connectivity index (χ2v) is 5.34. The molecule has 0 heterocycles. The second kappa shape index (κ2) is 9.30. The SMILES string of the molecule is N#CCC(=O)Nc1ccc(C(=O)OCCOc2cccc(Cl)c2)cc1. The van der Waals surface area contributed by atoms with Gasteiger partial charge in [-0.25, -0.2) is 4.79 Å². The van der Waals surface area contributed by atoms with E-state index in [1.54, 1.807) is 42.5 Å². The van der Waals surface area contributed by atoms with Crippen LogP contribution in [-0.4, -0.2) is 25.1 Å². The summed E-state index contributed by atoms with van der Waals surface area (Å²) in [5.74, 6) is -0.304. The highest BCUT2D eigenvalue weighted by molar-refractivity contribution is 6.30. The van der Waals surface area contributed by atoms with E-state index in [1.165, 1.54) is 12.1 Å². The van der Waals surface area contributed by atoms with Crippen molar-refractivity contribution in [3.63, 3.8) is 0 Å². The molecule has 0 saturated carbocycles.